The van der Waals surface area contributed by atoms with Crippen LogP contribution in [-0.2, 0) is 0 Å². The number of pyridine rings is 1. The maximum Gasteiger partial charge on any atom is 0.0710 e. The highest BCUT2D eigenvalue weighted by Gasteiger charge is 2.10. The van der Waals surface area contributed by atoms with E-state index in [4.69, 9.17) is 11.6 Å². The fourth-order valence-electron chi connectivity index (χ4n) is 2.27. The zero-order chi connectivity index (χ0) is 13.2. The molecule has 0 bridgehead atoms. The first-order valence-corrected chi connectivity index (χ1v) is 6.49. The number of anilines is 1. The number of rotatable bonds is 2. The molecule has 0 fully saturated rings. The topological polar surface area (TPSA) is 24.9 Å². The number of halogens is 1. The zero-order valence-electron chi connectivity index (χ0n) is 10.5. The van der Waals surface area contributed by atoms with Gasteiger partial charge in [0.1, 0.15) is 0 Å². The first-order chi connectivity index (χ1) is 9.29. The summed E-state index contributed by atoms with van der Waals surface area (Å²) in [5.41, 5.74) is 4.24. The van der Waals surface area contributed by atoms with Crippen molar-refractivity contribution in [2.24, 2.45) is 0 Å². The van der Waals surface area contributed by atoms with Gasteiger partial charge in [-0.1, -0.05) is 41.9 Å². The Morgan fingerprint density at radius 2 is 1.84 bits per heavy atom. The van der Waals surface area contributed by atoms with Crippen molar-refractivity contribution in [3.8, 4) is 11.1 Å². The highest BCUT2D eigenvalue weighted by Crippen LogP contribution is 2.35. The summed E-state index contributed by atoms with van der Waals surface area (Å²) in [4.78, 5) is 4.46. The van der Waals surface area contributed by atoms with Gasteiger partial charge in [-0.3, -0.25) is 4.98 Å². The molecule has 94 valence electrons. The Balaban J connectivity index is 2.39. The molecule has 1 N–H and O–H groups in total. The molecular weight excluding hydrogens is 256 g/mol. The Morgan fingerprint density at radius 1 is 1.05 bits per heavy atom. The molecule has 0 aliphatic rings. The van der Waals surface area contributed by atoms with Crippen LogP contribution < -0.4 is 5.32 Å². The van der Waals surface area contributed by atoms with Crippen LogP contribution in [0.4, 0.5) is 5.69 Å². The summed E-state index contributed by atoms with van der Waals surface area (Å²) in [6, 6.07) is 16.0. The Bertz CT molecular complexity index is 723. The Kier molecular flexibility index (Phi) is 3.10. The van der Waals surface area contributed by atoms with E-state index in [-0.39, 0.29) is 0 Å². The SMILES string of the molecule is CNc1cnc2ccc(Cl)cc2c1-c1ccccc1. The average Bonchev–Trinajstić information content (AvgIpc) is 2.46. The van der Waals surface area contributed by atoms with E-state index in [1.54, 1.807) is 0 Å². The lowest BCUT2D eigenvalue weighted by Crippen LogP contribution is -1.95. The molecule has 0 atom stereocenters. The van der Waals surface area contributed by atoms with Crippen molar-refractivity contribution in [3.63, 3.8) is 0 Å². The average molecular weight is 269 g/mol. The molecule has 2 nitrogen and oxygen atoms in total. The summed E-state index contributed by atoms with van der Waals surface area (Å²) >= 11 is 6.13. The van der Waals surface area contributed by atoms with Crippen LogP contribution in [0.1, 0.15) is 0 Å². The smallest absolute Gasteiger partial charge is 0.0710 e. The Morgan fingerprint density at radius 3 is 2.58 bits per heavy atom. The highest BCUT2D eigenvalue weighted by atomic mass is 35.5. The van der Waals surface area contributed by atoms with E-state index in [2.05, 4.69) is 22.4 Å². The van der Waals surface area contributed by atoms with Gasteiger partial charge in [-0.25, -0.2) is 0 Å². The lowest BCUT2D eigenvalue weighted by Gasteiger charge is -2.12. The molecule has 0 amide bonds. The molecule has 0 aliphatic heterocycles. The van der Waals surface area contributed by atoms with Crippen molar-refractivity contribution in [3.05, 3.63) is 59.8 Å². The van der Waals surface area contributed by atoms with Crippen LogP contribution >= 0.6 is 11.6 Å². The van der Waals surface area contributed by atoms with Gasteiger partial charge in [0.15, 0.2) is 0 Å². The predicted molar refractivity (Wildman–Crippen MR) is 81.7 cm³/mol. The fraction of sp³-hybridized carbons (Fsp3) is 0.0625. The van der Waals surface area contributed by atoms with Crippen LogP contribution in [0.3, 0.4) is 0 Å². The molecule has 0 aliphatic carbocycles. The van der Waals surface area contributed by atoms with E-state index in [0.717, 1.165) is 32.7 Å². The molecule has 0 saturated heterocycles. The normalized spacial score (nSPS) is 10.6. The fourth-order valence-corrected chi connectivity index (χ4v) is 2.44. The largest absolute Gasteiger partial charge is 0.386 e. The van der Waals surface area contributed by atoms with Crippen LogP contribution in [0.5, 0.6) is 0 Å². The Hall–Kier alpha value is -2.06. The van der Waals surface area contributed by atoms with Crippen molar-refractivity contribution in [2.45, 2.75) is 0 Å². The number of benzene rings is 2. The van der Waals surface area contributed by atoms with Gasteiger partial charge in [0, 0.05) is 23.0 Å². The lowest BCUT2D eigenvalue weighted by atomic mass is 9.99. The zero-order valence-corrected chi connectivity index (χ0v) is 11.3. The number of nitrogens with zero attached hydrogens (tertiary/aromatic N) is 1. The first-order valence-electron chi connectivity index (χ1n) is 6.11. The first kappa shape index (κ1) is 12.0. The van der Waals surface area contributed by atoms with Crippen LogP contribution in [0.15, 0.2) is 54.7 Å². The van der Waals surface area contributed by atoms with E-state index in [1.807, 2.05) is 49.6 Å². The van der Waals surface area contributed by atoms with Crippen LogP contribution in [-0.4, -0.2) is 12.0 Å². The third-order valence-corrected chi connectivity index (χ3v) is 3.40. The van der Waals surface area contributed by atoms with Gasteiger partial charge < -0.3 is 5.32 Å². The summed E-state index contributed by atoms with van der Waals surface area (Å²) in [7, 11) is 1.90. The summed E-state index contributed by atoms with van der Waals surface area (Å²) in [5, 5.41) is 4.98. The van der Waals surface area contributed by atoms with E-state index >= 15 is 0 Å². The van der Waals surface area contributed by atoms with Crippen LogP contribution in [0.2, 0.25) is 5.02 Å². The maximum absolute atomic E-state index is 6.13. The summed E-state index contributed by atoms with van der Waals surface area (Å²) in [6.45, 7) is 0. The van der Waals surface area contributed by atoms with Gasteiger partial charge in [0.2, 0.25) is 0 Å². The number of hydrogen-bond donors (Lipinski definition) is 1. The second kappa shape index (κ2) is 4.90. The molecule has 3 heteroatoms. The third-order valence-electron chi connectivity index (χ3n) is 3.16. The number of hydrogen-bond acceptors (Lipinski definition) is 2. The predicted octanol–water partition coefficient (Wildman–Crippen LogP) is 4.60. The monoisotopic (exact) mass is 268 g/mol. The summed E-state index contributed by atoms with van der Waals surface area (Å²) in [5.74, 6) is 0. The molecule has 0 unspecified atom stereocenters. The van der Waals surface area contributed by atoms with Crippen molar-refractivity contribution >= 4 is 28.2 Å². The molecule has 1 heterocycles. The molecule has 2 aromatic carbocycles. The number of aromatic nitrogens is 1. The second-order valence-corrected chi connectivity index (χ2v) is 4.76. The van der Waals surface area contributed by atoms with Crippen LogP contribution in [0.25, 0.3) is 22.0 Å². The van der Waals surface area contributed by atoms with Crippen molar-refractivity contribution in [2.75, 3.05) is 12.4 Å². The van der Waals surface area contributed by atoms with E-state index in [0.29, 0.717) is 0 Å². The van der Waals surface area contributed by atoms with Gasteiger partial charge in [-0.15, -0.1) is 0 Å². The minimum absolute atomic E-state index is 0.722. The molecule has 0 radical (unpaired) electrons. The second-order valence-electron chi connectivity index (χ2n) is 4.32. The molecular formula is C16H13ClN2. The molecule has 3 aromatic rings. The summed E-state index contributed by atoms with van der Waals surface area (Å²) in [6.07, 6.45) is 1.86. The molecule has 0 spiro atoms. The van der Waals surface area contributed by atoms with Crippen molar-refractivity contribution < 1.29 is 0 Å². The number of fused-ring (bicyclic) bond motifs is 1. The molecule has 0 saturated carbocycles. The minimum Gasteiger partial charge on any atom is -0.386 e. The quantitative estimate of drug-likeness (QED) is 0.735. The van der Waals surface area contributed by atoms with Gasteiger partial charge in [-0.05, 0) is 23.8 Å². The van der Waals surface area contributed by atoms with Gasteiger partial charge >= 0.3 is 0 Å². The third kappa shape index (κ3) is 2.15. The molecule has 3 rings (SSSR count). The van der Waals surface area contributed by atoms with Crippen molar-refractivity contribution in [1.29, 1.82) is 0 Å². The van der Waals surface area contributed by atoms with Gasteiger partial charge in [-0.2, -0.15) is 0 Å². The van der Waals surface area contributed by atoms with E-state index < -0.39 is 0 Å². The van der Waals surface area contributed by atoms with Gasteiger partial charge in [0.25, 0.3) is 0 Å². The lowest BCUT2D eigenvalue weighted by molar-refractivity contribution is 1.38. The highest BCUT2D eigenvalue weighted by molar-refractivity contribution is 6.31. The van der Waals surface area contributed by atoms with Crippen molar-refractivity contribution in [1.82, 2.24) is 4.98 Å². The standard InChI is InChI=1S/C16H13ClN2/c1-18-15-10-19-14-8-7-12(17)9-13(14)16(15)11-5-3-2-4-6-11/h2-10,18H,1H3. The van der Waals surface area contributed by atoms with Gasteiger partial charge in [0.05, 0.1) is 17.4 Å². The summed E-state index contributed by atoms with van der Waals surface area (Å²) < 4.78 is 0. The molecule has 1 aromatic heterocycles. The van der Waals surface area contributed by atoms with E-state index in [1.165, 1.54) is 0 Å². The maximum atomic E-state index is 6.13. The molecule has 19 heavy (non-hydrogen) atoms. The minimum atomic E-state index is 0.722. The van der Waals surface area contributed by atoms with E-state index in [9.17, 15) is 0 Å². The Labute approximate surface area is 117 Å². The van der Waals surface area contributed by atoms with Crippen LogP contribution in [0, 0.1) is 0 Å². The number of nitrogens with one attached hydrogen (secondary N) is 1.